The van der Waals surface area contributed by atoms with E-state index in [1.807, 2.05) is 24.3 Å². The first kappa shape index (κ1) is 13.0. The van der Waals surface area contributed by atoms with Crippen molar-refractivity contribution in [2.24, 2.45) is 0 Å². The number of nitrogens with zero attached hydrogens (tertiary/aromatic N) is 2. The summed E-state index contributed by atoms with van der Waals surface area (Å²) in [5.74, 6) is -0.368. The molecule has 0 radical (unpaired) electrons. The lowest BCUT2D eigenvalue weighted by Gasteiger charge is -2.07. The van der Waals surface area contributed by atoms with Crippen LogP contribution in [0.5, 0.6) is 5.75 Å². The van der Waals surface area contributed by atoms with Gasteiger partial charge >= 0.3 is 5.97 Å². The topological polar surface area (TPSA) is 72.3 Å². The van der Waals surface area contributed by atoms with Crippen LogP contribution in [0.3, 0.4) is 0 Å². The van der Waals surface area contributed by atoms with Gasteiger partial charge in [-0.1, -0.05) is 19.1 Å². The van der Waals surface area contributed by atoms with Crippen molar-refractivity contribution in [3.63, 3.8) is 0 Å². The van der Waals surface area contributed by atoms with E-state index in [9.17, 15) is 4.79 Å². The number of carbonyl (C=O) groups is 1. The smallest absolute Gasteiger partial charge is 0.339 e. The van der Waals surface area contributed by atoms with Crippen LogP contribution in [-0.4, -0.2) is 21.0 Å². The maximum Gasteiger partial charge on any atom is 0.339 e. The molecule has 0 aliphatic heterocycles. The van der Waals surface area contributed by atoms with E-state index in [0.29, 0.717) is 11.4 Å². The summed E-state index contributed by atoms with van der Waals surface area (Å²) >= 11 is 0. The number of hydrogen-bond donors (Lipinski definition) is 1. The number of benzene rings is 1. The van der Waals surface area contributed by atoms with Gasteiger partial charge in [-0.2, -0.15) is 0 Å². The third kappa shape index (κ3) is 3.28. The summed E-state index contributed by atoms with van der Waals surface area (Å²) in [6.07, 6.45) is 3.55. The molecule has 0 aliphatic carbocycles. The molecule has 0 saturated heterocycles. The Hall–Kier alpha value is -2.43. The van der Waals surface area contributed by atoms with E-state index in [4.69, 9.17) is 9.84 Å². The lowest BCUT2D eigenvalue weighted by Crippen LogP contribution is -2.08. The van der Waals surface area contributed by atoms with Crippen LogP contribution >= 0.6 is 0 Å². The Labute approximate surface area is 110 Å². The van der Waals surface area contributed by atoms with Gasteiger partial charge in [0.05, 0.1) is 5.69 Å². The summed E-state index contributed by atoms with van der Waals surface area (Å²) in [5.41, 5.74) is 1.65. The lowest BCUT2D eigenvalue weighted by atomic mass is 10.2. The van der Waals surface area contributed by atoms with Gasteiger partial charge in [-0.3, -0.25) is 0 Å². The van der Waals surface area contributed by atoms with Gasteiger partial charge in [0.1, 0.15) is 24.2 Å². The van der Waals surface area contributed by atoms with Crippen LogP contribution in [0.2, 0.25) is 0 Å². The van der Waals surface area contributed by atoms with Crippen molar-refractivity contribution in [1.82, 2.24) is 9.97 Å². The maximum atomic E-state index is 11.0. The van der Waals surface area contributed by atoms with Crippen LogP contribution in [0.1, 0.15) is 28.5 Å². The second-order valence-corrected chi connectivity index (χ2v) is 3.97. The van der Waals surface area contributed by atoms with Crippen LogP contribution in [0, 0.1) is 0 Å². The maximum absolute atomic E-state index is 11.0. The highest BCUT2D eigenvalue weighted by atomic mass is 16.5. The number of aromatic nitrogens is 2. The zero-order chi connectivity index (χ0) is 13.7. The van der Waals surface area contributed by atoms with Gasteiger partial charge in [0.2, 0.25) is 0 Å². The predicted octanol–water partition coefficient (Wildman–Crippen LogP) is 2.32. The highest BCUT2D eigenvalue weighted by Gasteiger charge is 2.11. The quantitative estimate of drug-likeness (QED) is 0.891. The molecule has 0 atom stereocenters. The second kappa shape index (κ2) is 5.95. The van der Waals surface area contributed by atoms with Crippen molar-refractivity contribution >= 4 is 5.97 Å². The number of aryl methyl sites for hydroxylation is 1. The van der Waals surface area contributed by atoms with Gasteiger partial charge in [0.15, 0.2) is 0 Å². The Morgan fingerprint density at radius 3 is 2.68 bits per heavy atom. The molecule has 2 aromatic rings. The first-order chi connectivity index (χ1) is 9.20. The highest BCUT2D eigenvalue weighted by Crippen LogP contribution is 2.15. The minimum Gasteiger partial charge on any atom is -0.487 e. The SMILES string of the molecule is CCc1ccc(OCc2ncncc2C(=O)O)cc1. The minimum atomic E-state index is -1.06. The number of carboxylic acid groups (broad SMARTS) is 1. The summed E-state index contributed by atoms with van der Waals surface area (Å²) in [6, 6.07) is 7.68. The first-order valence-electron chi connectivity index (χ1n) is 5.94. The van der Waals surface area contributed by atoms with Gasteiger partial charge in [-0.15, -0.1) is 0 Å². The van der Waals surface area contributed by atoms with Crippen molar-refractivity contribution in [2.45, 2.75) is 20.0 Å². The number of hydrogen-bond acceptors (Lipinski definition) is 4. The number of rotatable bonds is 5. The van der Waals surface area contributed by atoms with E-state index < -0.39 is 5.97 Å². The van der Waals surface area contributed by atoms with Crippen LogP contribution < -0.4 is 4.74 Å². The molecule has 0 aliphatic rings. The Kier molecular flexibility index (Phi) is 4.07. The summed E-state index contributed by atoms with van der Waals surface area (Å²) in [6.45, 7) is 2.19. The molecule has 0 spiro atoms. The molecule has 0 bridgehead atoms. The van der Waals surface area contributed by atoms with Gasteiger partial charge in [0, 0.05) is 6.20 Å². The normalized spacial score (nSPS) is 10.2. The Morgan fingerprint density at radius 1 is 1.32 bits per heavy atom. The fraction of sp³-hybridized carbons (Fsp3) is 0.214. The molecule has 5 nitrogen and oxygen atoms in total. The number of aromatic carboxylic acids is 1. The van der Waals surface area contributed by atoms with E-state index in [0.717, 1.165) is 6.42 Å². The van der Waals surface area contributed by atoms with Gasteiger partial charge in [-0.25, -0.2) is 14.8 Å². The average molecular weight is 258 g/mol. The van der Waals surface area contributed by atoms with E-state index >= 15 is 0 Å². The molecule has 5 heteroatoms. The molecule has 1 N–H and O–H groups in total. The minimum absolute atomic E-state index is 0.0627. The van der Waals surface area contributed by atoms with E-state index in [1.54, 1.807) is 0 Å². The highest BCUT2D eigenvalue weighted by molar-refractivity contribution is 5.88. The molecule has 1 heterocycles. The Balaban J connectivity index is 2.07. The lowest BCUT2D eigenvalue weighted by molar-refractivity contribution is 0.0692. The summed E-state index contributed by atoms with van der Waals surface area (Å²) in [5, 5.41) is 9.00. The van der Waals surface area contributed by atoms with E-state index in [-0.39, 0.29) is 12.2 Å². The summed E-state index contributed by atoms with van der Waals surface area (Å²) in [7, 11) is 0. The number of ether oxygens (including phenoxy) is 1. The Bertz CT molecular complexity index is 567. The second-order valence-electron chi connectivity index (χ2n) is 3.97. The van der Waals surface area contributed by atoms with Crippen LogP contribution in [0.25, 0.3) is 0 Å². The van der Waals surface area contributed by atoms with Crippen molar-refractivity contribution in [3.8, 4) is 5.75 Å². The fourth-order valence-electron chi connectivity index (χ4n) is 1.62. The molecule has 0 saturated carbocycles. The Morgan fingerprint density at radius 2 is 2.05 bits per heavy atom. The van der Waals surface area contributed by atoms with Crippen LogP contribution in [0.4, 0.5) is 0 Å². The number of carboxylic acids is 1. The largest absolute Gasteiger partial charge is 0.487 e. The van der Waals surface area contributed by atoms with Crippen molar-refractivity contribution in [1.29, 1.82) is 0 Å². The average Bonchev–Trinajstić information content (AvgIpc) is 2.46. The molecule has 19 heavy (non-hydrogen) atoms. The van der Waals surface area contributed by atoms with Crippen LogP contribution in [0.15, 0.2) is 36.8 Å². The van der Waals surface area contributed by atoms with Gasteiger partial charge in [0.25, 0.3) is 0 Å². The zero-order valence-electron chi connectivity index (χ0n) is 10.5. The molecule has 0 amide bonds. The predicted molar refractivity (Wildman–Crippen MR) is 69.1 cm³/mol. The standard InChI is InChI=1S/C14H14N2O3/c1-2-10-3-5-11(6-4-10)19-8-13-12(14(17)18)7-15-9-16-13/h3-7,9H,2,8H2,1H3,(H,17,18). The summed E-state index contributed by atoms with van der Waals surface area (Å²) in [4.78, 5) is 18.6. The fourth-order valence-corrected chi connectivity index (χ4v) is 1.62. The van der Waals surface area contributed by atoms with Gasteiger partial charge in [-0.05, 0) is 24.1 Å². The van der Waals surface area contributed by atoms with Crippen molar-refractivity contribution in [3.05, 3.63) is 53.6 Å². The molecule has 1 aromatic carbocycles. The van der Waals surface area contributed by atoms with E-state index in [2.05, 4.69) is 16.9 Å². The summed E-state index contributed by atoms with van der Waals surface area (Å²) < 4.78 is 5.53. The van der Waals surface area contributed by atoms with Crippen molar-refractivity contribution < 1.29 is 14.6 Å². The first-order valence-corrected chi connectivity index (χ1v) is 5.94. The molecular formula is C14H14N2O3. The zero-order valence-corrected chi connectivity index (χ0v) is 10.5. The molecule has 0 unspecified atom stereocenters. The van der Waals surface area contributed by atoms with Gasteiger partial charge < -0.3 is 9.84 Å². The molecule has 1 aromatic heterocycles. The third-order valence-corrected chi connectivity index (χ3v) is 2.73. The van der Waals surface area contributed by atoms with Crippen molar-refractivity contribution in [2.75, 3.05) is 0 Å². The van der Waals surface area contributed by atoms with E-state index in [1.165, 1.54) is 18.1 Å². The molecular weight excluding hydrogens is 244 g/mol. The third-order valence-electron chi connectivity index (χ3n) is 2.73. The molecule has 2 rings (SSSR count). The van der Waals surface area contributed by atoms with Crippen LogP contribution in [-0.2, 0) is 13.0 Å². The monoisotopic (exact) mass is 258 g/mol. The molecule has 98 valence electrons. The molecule has 0 fully saturated rings.